The summed E-state index contributed by atoms with van der Waals surface area (Å²) in [5.74, 6) is -1.24. The number of carbonyl (C=O) groups excluding carboxylic acids is 1. The van der Waals surface area contributed by atoms with Gasteiger partial charge >= 0.3 is 6.18 Å². The number of rotatable bonds is 5. The number of allylic oxidation sites excluding steroid dienone is 3. The number of halogens is 3. The van der Waals surface area contributed by atoms with Gasteiger partial charge < -0.3 is 10.4 Å². The Morgan fingerprint density at radius 2 is 1.96 bits per heavy atom. The number of nitriles is 1. The number of hydrogen-bond donors (Lipinski definition) is 2. The number of nitrogens with zero attached hydrogens (tertiary/aromatic N) is 1. The number of aliphatic hydroxyl groups excluding tert-OH is 1. The number of benzene rings is 1. The van der Waals surface area contributed by atoms with Crippen molar-refractivity contribution in [2.24, 2.45) is 0 Å². The van der Waals surface area contributed by atoms with Crippen molar-refractivity contribution >= 4 is 11.6 Å². The highest BCUT2D eigenvalue weighted by Gasteiger charge is 2.30. The SMILES string of the molecule is CC=CCCC(O)=C(C#N)C(=O)Nc1ccc(C(F)(F)F)cc1. The summed E-state index contributed by atoms with van der Waals surface area (Å²) in [6, 6.07) is 5.38. The Balaban J connectivity index is 2.84. The molecule has 0 unspecified atom stereocenters. The minimum absolute atomic E-state index is 0.0944. The molecule has 7 heteroatoms. The first-order valence-corrected chi connectivity index (χ1v) is 6.71. The fourth-order valence-corrected chi connectivity index (χ4v) is 1.69. The van der Waals surface area contributed by atoms with E-state index in [1.165, 1.54) is 0 Å². The number of carbonyl (C=O) groups is 1. The van der Waals surface area contributed by atoms with E-state index in [-0.39, 0.29) is 17.9 Å². The predicted molar refractivity (Wildman–Crippen MR) is 79.4 cm³/mol. The molecule has 1 aromatic carbocycles. The van der Waals surface area contributed by atoms with Gasteiger partial charge in [-0.05, 0) is 37.6 Å². The Kier molecular flexibility index (Phi) is 6.39. The van der Waals surface area contributed by atoms with Crippen LogP contribution in [0, 0.1) is 11.3 Å². The lowest BCUT2D eigenvalue weighted by molar-refractivity contribution is -0.137. The van der Waals surface area contributed by atoms with Crippen LogP contribution in [0.5, 0.6) is 0 Å². The Labute approximate surface area is 131 Å². The molecule has 0 aromatic heterocycles. The van der Waals surface area contributed by atoms with Gasteiger partial charge in [0, 0.05) is 12.1 Å². The van der Waals surface area contributed by atoms with E-state index in [1.54, 1.807) is 25.1 Å². The van der Waals surface area contributed by atoms with E-state index in [2.05, 4.69) is 5.32 Å². The third-order valence-corrected chi connectivity index (χ3v) is 2.88. The molecule has 1 rings (SSSR count). The molecule has 122 valence electrons. The highest BCUT2D eigenvalue weighted by atomic mass is 19.4. The quantitative estimate of drug-likeness (QED) is 0.366. The fraction of sp³-hybridized carbons (Fsp3) is 0.250. The molecular formula is C16H15F3N2O2. The maximum Gasteiger partial charge on any atom is 0.416 e. The normalized spacial score (nSPS) is 12.7. The molecule has 1 aromatic rings. The van der Waals surface area contributed by atoms with Crippen molar-refractivity contribution < 1.29 is 23.1 Å². The summed E-state index contributed by atoms with van der Waals surface area (Å²) in [4.78, 5) is 11.9. The van der Waals surface area contributed by atoms with Crippen molar-refractivity contribution in [2.45, 2.75) is 25.9 Å². The van der Waals surface area contributed by atoms with Crippen LogP contribution in [-0.4, -0.2) is 11.0 Å². The number of amides is 1. The van der Waals surface area contributed by atoms with Gasteiger partial charge in [0.25, 0.3) is 5.91 Å². The van der Waals surface area contributed by atoms with Crippen molar-refractivity contribution in [1.29, 1.82) is 5.26 Å². The third kappa shape index (κ3) is 5.51. The number of alkyl halides is 3. The van der Waals surface area contributed by atoms with Gasteiger partial charge in [-0.1, -0.05) is 12.2 Å². The molecule has 0 bridgehead atoms. The molecule has 0 saturated carbocycles. The maximum absolute atomic E-state index is 12.4. The zero-order chi connectivity index (χ0) is 17.5. The van der Waals surface area contributed by atoms with Gasteiger partial charge in [-0.2, -0.15) is 18.4 Å². The highest BCUT2D eigenvalue weighted by Crippen LogP contribution is 2.29. The van der Waals surface area contributed by atoms with Crippen LogP contribution < -0.4 is 5.32 Å². The molecule has 0 fully saturated rings. The van der Waals surface area contributed by atoms with E-state index in [0.29, 0.717) is 6.42 Å². The number of anilines is 1. The molecule has 0 atom stereocenters. The third-order valence-electron chi connectivity index (χ3n) is 2.88. The first kappa shape index (κ1) is 18.3. The summed E-state index contributed by atoms with van der Waals surface area (Å²) in [5.41, 5.74) is -1.22. The zero-order valence-electron chi connectivity index (χ0n) is 12.3. The lowest BCUT2D eigenvalue weighted by atomic mass is 10.1. The van der Waals surface area contributed by atoms with E-state index < -0.39 is 23.2 Å². The van der Waals surface area contributed by atoms with Gasteiger partial charge in [0.1, 0.15) is 11.8 Å². The highest BCUT2D eigenvalue weighted by molar-refractivity contribution is 6.06. The molecule has 0 aliphatic rings. The average molecular weight is 324 g/mol. The van der Waals surface area contributed by atoms with E-state index in [9.17, 15) is 23.1 Å². The molecule has 0 spiro atoms. The molecule has 0 heterocycles. The lowest BCUT2D eigenvalue weighted by Gasteiger charge is -2.09. The number of hydrogen-bond acceptors (Lipinski definition) is 3. The largest absolute Gasteiger partial charge is 0.511 e. The van der Waals surface area contributed by atoms with Gasteiger partial charge in [0.15, 0.2) is 5.57 Å². The number of nitrogens with one attached hydrogen (secondary N) is 1. The summed E-state index contributed by atoms with van der Waals surface area (Å²) < 4.78 is 37.3. The monoisotopic (exact) mass is 324 g/mol. The Bertz CT molecular complexity index is 653. The topological polar surface area (TPSA) is 73.1 Å². The van der Waals surface area contributed by atoms with Gasteiger partial charge in [-0.3, -0.25) is 4.79 Å². The first-order valence-electron chi connectivity index (χ1n) is 6.71. The standard InChI is InChI=1S/C16H15F3N2O2/c1-2-3-4-5-14(22)13(10-20)15(23)21-12-8-6-11(7-9-12)16(17,18)19/h2-3,6-9,22H,4-5H2,1H3,(H,21,23). The van der Waals surface area contributed by atoms with E-state index in [4.69, 9.17) is 5.26 Å². The second kappa shape index (κ2) is 8.03. The molecule has 4 nitrogen and oxygen atoms in total. The summed E-state index contributed by atoms with van der Waals surface area (Å²) in [7, 11) is 0. The van der Waals surface area contributed by atoms with Crippen molar-refractivity contribution in [1.82, 2.24) is 0 Å². The van der Waals surface area contributed by atoms with Crippen LogP contribution in [0.2, 0.25) is 0 Å². The van der Waals surface area contributed by atoms with Gasteiger partial charge in [0.05, 0.1) is 5.56 Å². The van der Waals surface area contributed by atoms with E-state index >= 15 is 0 Å². The predicted octanol–water partition coefficient (Wildman–Crippen LogP) is 4.34. The van der Waals surface area contributed by atoms with Gasteiger partial charge in [0.2, 0.25) is 0 Å². The van der Waals surface area contributed by atoms with E-state index in [0.717, 1.165) is 24.3 Å². The van der Waals surface area contributed by atoms with Crippen LogP contribution in [0.4, 0.5) is 18.9 Å². The average Bonchev–Trinajstić information content (AvgIpc) is 2.48. The van der Waals surface area contributed by atoms with Crippen LogP contribution >= 0.6 is 0 Å². The summed E-state index contributed by atoms with van der Waals surface area (Å²) in [6.45, 7) is 1.79. The summed E-state index contributed by atoms with van der Waals surface area (Å²) >= 11 is 0. The van der Waals surface area contributed by atoms with Crippen LogP contribution in [0.1, 0.15) is 25.3 Å². The van der Waals surface area contributed by atoms with Crippen LogP contribution in [0.15, 0.2) is 47.7 Å². The minimum Gasteiger partial charge on any atom is -0.511 e. The lowest BCUT2D eigenvalue weighted by Crippen LogP contribution is -2.15. The van der Waals surface area contributed by atoms with Gasteiger partial charge in [-0.15, -0.1) is 0 Å². The van der Waals surface area contributed by atoms with E-state index in [1.807, 2.05) is 0 Å². The van der Waals surface area contributed by atoms with Gasteiger partial charge in [-0.25, -0.2) is 0 Å². The summed E-state index contributed by atoms with van der Waals surface area (Å²) in [5, 5.41) is 21.0. The molecule has 0 saturated heterocycles. The zero-order valence-corrected chi connectivity index (χ0v) is 12.3. The molecule has 0 radical (unpaired) electrons. The molecule has 0 aliphatic carbocycles. The van der Waals surface area contributed by atoms with Crippen molar-refractivity contribution in [3.05, 3.63) is 53.3 Å². The van der Waals surface area contributed by atoms with Crippen molar-refractivity contribution in [2.75, 3.05) is 5.32 Å². The second-order valence-corrected chi connectivity index (χ2v) is 4.57. The van der Waals surface area contributed by atoms with Crippen molar-refractivity contribution in [3.8, 4) is 6.07 Å². The Hall–Kier alpha value is -2.75. The summed E-state index contributed by atoms with van der Waals surface area (Å²) in [6.07, 6.45) is -0.360. The molecule has 1 amide bonds. The molecular weight excluding hydrogens is 309 g/mol. The molecule has 2 N–H and O–H groups in total. The fourth-order valence-electron chi connectivity index (χ4n) is 1.69. The second-order valence-electron chi connectivity index (χ2n) is 4.57. The smallest absolute Gasteiger partial charge is 0.416 e. The van der Waals surface area contributed by atoms with Crippen LogP contribution in [-0.2, 0) is 11.0 Å². The Morgan fingerprint density at radius 3 is 2.43 bits per heavy atom. The maximum atomic E-state index is 12.4. The van der Waals surface area contributed by atoms with Crippen LogP contribution in [0.25, 0.3) is 0 Å². The van der Waals surface area contributed by atoms with Crippen molar-refractivity contribution in [3.63, 3.8) is 0 Å². The Morgan fingerprint density at radius 1 is 1.35 bits per heavy atom. The minimum atomic E-state index is -4.47. The first-order chi connectivity index (χ1) is 10.8. The molecule has 0 aliphatic heterocycles. The number of aliphatic hydroxyl groups is 1. The molecule has 23 heavy (non-hydrogen) atoms. The van der Waals surface area contributed by atoms with Crippen LogP contribution in [0.3, 0.4) is 0 Å².